The van der Waals surface area contributed by atoms with Crippen LogP contribution in [0.3, 0.4) is 0 Å². The van der Waals surface area contributed by atoms with Gasteiger partial charge in [0.2, 0.25) is 11.8 Å². The second-order valence-corrected chi connectivity index (χ2v) is 6.81. The number of esters is 1. The van der Waals surface area contributed by atoms with Crippen molar-refractivity contribution >= 4 is 35.1 Å². The summed E-state index contributed by atoms with van der Waals surface area (Å²) in [4.78, 5) is 60.4. The topological polar surface area (TPSA) is 136 Å². The Labute approximate surface area is 165 Å². The van der Waals surface area contributed by atoms with Crippen LogP contribution >= 0.6 is 0 Å². The van der Waals surface area contributed by atoms with Crippen molar-refractivity contribution in [1.82, 2.24) is 4.90 Å². The average Bonchev–Trinajstić information content (AvgIpc) is 2.93. The molecule has 3 rings (SSSR count). The average molecular weight is 401 g/mol. The number of nitro benzene ring substituents is 1. The summed E-state index contributed by atoms with van der Waals surface area (Å²) in [5, 5.41) is 13.3. The Morgan fingerprint density at radius 2 is 1.79 bits per heavy atom. The number of amides is 3. The number of carbonyl (C=O) groups excluding carboxylic acids is 4. The Morgan fingerprint density at radius 3 is 2.38 bits per heavy atom. The summed E-state index contributed by atoms with van der Waals surface area (Å²) in [6, 6.07) is 5.54. The van der Waals surface area contributed by atoms with E-state index in [1.807, 2.05) is 12.2 Å². The lowest BCUT2D eigenvalue weighted by molar-refractivity contribution is -0.383. The highest BCUT2D eigenvalue weighted by Crippen LogP contribution is 2.34. The number of nitrogens with zero attached hydrogens (tertiary/aromatic N) is 2. The van der Waals surface area contributed by atoms with Gasteiger partial charge in [0.25, 0.3) is 11.6 Å². The molecule has 1 fully saturated rings. The molecular formula is C19H19N3O7. The highest BCUT2D eigenvalue weighted by atomic mass is 16.6. The van der Waals surface area contributed by atoms with Crippen LogP contribution in [0.2, 0.25) is 0 Å². The van der Waals surface area contributed by atoms with E-state index in [1.54, 1.807) is 0 Å². The van der Waals surface area contributed by atoms with E-state index >= 15 is 0 Å². The number of anilines is 1. The van der Waals surface area contributed by atoms with Gasteiger partial charge in [-0.3, -0.25) is 34.2 Å². The minimum atomic E-state index is -1.28. The molecule has 10 heteroatoms. The van der Waals surface area contributed by atoms with Gasteiger partial charge in [-0.25, -0.2) is 0 Å². The summed E-state index contributed by atoms with van der Waals surface area (Å²) < 4.78 is 5.01. The maximum absolute atomic E-state index is 12.4. The molecule has 0 unspecified atom stereocenters. The van der Waals surface area contributed by atoms with Gasteiger partial charge in [0.15, 0.2) is 6.10 Å². The van der Waals surface area contributed by atoms with Gasteiger partial charge in [0, 0.05) is 6.07 Å². The van der Waals surface area contributed by atoms with E-state index in [-0.39, 0.29) is 11.4 Å². The van der Waals surface area contributed by atoms with Crippen molar-refractivity contribution < 1.29 is 28.8 Å². The molecule has 1 aromatic rings. The Morgan fingerprint density at radius 1 is 1.21 bits per heavy atom. The number of benzene rings is 1. The number of nitro groups is 1. The van der Waals surface area contributed by atoms with Gasteiger partial charge in [-0.15, -0.1) is 0 Å². The van der Waals surface area contributed by atoms with Gasteiger partial charge in [-0.05, 0) is 25.8 Å². The van der Waals surface area contributed by atoms with Crippen molar-refractivity contribution in [3.05, 3.63) is 46.5 Å². The minimum absolute atomic E-state index is 0.0353. The number of carbonyl (C=O) groups is 4. The molecule has 1 N–H and O–H groups in total. The Hall–Kier alpha value is -3.56. The van der Waals surface area contributed by atoms with Crippen LogP contribution in [0.15, 0.2) is 36.4 Å². The number of ether oxygens (including phenoxy) is 1. The minimum Gasteiger partial charge on any atom is -0.451 e. The van der Waals surface area contributed by atoms with E-state index in [0.717, 1.165) is 4.90 Å². The number of allylic oxidation sites excluding steroid dienone is 2. The first-order valence-electron chi connectivity index (χ1n) is 9.03. The molecular weight excluding hydrogens is 382 g/mol. The second kappa shape index (κ2) is 8.21. The van der Waals surface area contributed by atoms with Gasteiger partial charge in [-0.2, -0.15) is 0 Å². The fourth-order valence-corrected chi connectivity index (χ4v) is 3.41. The summed E-state index contributed by atoms with van der Waals surface area (Å²) in [6.07, 6.45) is 3.30. The van der Waals surface area contributed by atoms with Crippen molar-refractivity contribution in [3.8, 4) is 0 Å². The number of hydrogen-bond acceptors (Lipinski definition) is 7. The molecule has 0 spiro atoms. The first-order valence-corrected chi connectivity index (χ1v) is 9.03. The molecule has 1 aromatic carbocycles. The lowest BCUT2D eigenvalue weighted by atomic mass is 9.85. The SMILES string of the molecule is C[C@H](OC(=O)CN1C(=O)[C@H]2CC=CC[C@@H]2C1=O)C(=O)Nc1ccccc1[N+](=O)[O-]. The van der Waals surface area contributed by atoms with Crippen molar-refractivity contribution in [1.29, 1.82) is 0 Å². The molecule has 10 nitrogen and oxygen atoms in total. The molecule has 0 radical (unpaired) electrons. The van der Waals surface area contributed by atoms with Crippen LogP contribution < -0.4 is 5.32 Å². The van der Waals surface area contributed by atoms with E-state index in [2.05, 4.69) is 5.32 Å². The van der Waals surface area contributed by atoms with E-state index < -0.39 is 53.1 Å². The normalized spacial score (nSPS) is 21.5. The Kier molecular flexibility index (Phi) is 5.71. The van der Waals surface area contributed by atoms with Crippen LogP contribution in [0.1, 0.15) is 19.8 Å². The molecule has 0 saturated carbocycles. The van der Waals surface area contributed by atoms with Gasteiger partial charge in [-0.1, -0.05) is 24.3 Å². The summed E-state index contributed by atoms with van der Waals surface area (Å²) >= 11 is 0. The second-order valence-electron chi connectivity index (χ2n) is 6.81. The van der Waals surface area contributed by atoms with Crippen LogP contribution in [-0.4, -0.2) is 46.2 Å². The molecule has 0 aromatic heterocycles. The Balaban J connectivity index is 1.58. The predicted octanol–water partition coefficient (Wildman–Crippen LogP) is 1.42. The third-order valence-electron chi connectivity index (χ3n) is 4.92. The summed E-state index contributed by atoms with van der Waals surface area (Å²) in [5.74, 6) is -3.44. The van der Waals surface area contributed by atoms with E-state index in [0.29, 0.717) is 12.8 Å². The third kappa shape index (κ3) is 4.15. The standard InChI is InChI=1S/C19H19N3O7/c1-11(17(24)20-14-8-4-5-9-15(14)22(27)28)29-16(23)10-21-18(25)12-6-2-3-7-13(12)19(21)26/h2-5,8-9,11-13H,6-7,10H2,1H3,(H,20,24)/t11-,12-,13-/m0/s1. The maximum atomic E-state index is 12.4. The number of imide groups is 1. The van der Waals surface area contributed by atoms with E-state index in [1.165, 1.54) is 31.2 Å². The first kappa shape index (κ1) is 20.2. The predicted molar refractivity (Wildman–Crippen MR) is 99.4 cm³/mol. The van der Waals surface area contributed by atoms with Gasteiger partial charge in [0.05, 0.1) is 16.8 Å². The number of likely N-dealkylation sites (tertiary alicyclic amines) is 1. The molecule has 152 valence electrons. The van der Waals surface area contributed by atoms with Crippen molar-refractivity contribution in [2.24, 2.45) is 11.8 Å². The fraction of sp³-hybridized carbons (Fsp3) is 0.368. The molecule has 1 heterocycles. The molecule has 1 aliphatic carbocycles. The summed E-state index contributed by atoms with van der Waals surface area (Å²) in [5.41, 5.74) is -0.337. The lowest BCUT2D eigenvalue weighted by Crippen LogP contribution is -2.39. The first-order chi connectivity index (χ1) is 13.8. The molecule has 2 aliphatic rings. The highest BCUT2D eigenvalue weighted by Gasteiger charge is 2.47. The smallest absolute Gasteiger partial charge is 0.326 e. The van der Waals surface area contributed by atoms with Crippen LogP contribution in [0.5, 0.6) is 0 Å². The number of hydrogen-bond donors (Lipinski definition) is 1. The van der Waals surface area contributed by atoms with Gasteiger partial charge >= 0.3 is 5.97 Å². The molecule has 1 saturated heterocycles. The summed E-state index contributed by atoms with van der Waals surface area (Å²) in [6.45, 7) is 0.715. The number of fused-ring (bicyclic) bond motifs is 1. The monoisotopic (exact) mass is 401 g/mol. The van der Waals surface area contributed by atoms with Crippen molar-refractivity contribution in [3.63, 3.8) is 0 Å². The lowest BCUT2D eigenvalue weighted by Gasteiger charge is -2.17. The quantitative estimate of drug-likeness (QED) is 0.250. The molecule has 0 bridgehead atoms. The van der Waals surface area contributed by atoms with Crippen LogP contribution in [-0.2, 0) is 23.9 Å². The van der Waals surface area contributed by atoms with E-state index in [4.69, 9.17) is 4.74 Å². The van der Waals surface area contributed by atoms with Gasteiger partial charge in [0.1, 0.15) is 12.2 Å². The largest absolute Gasteiger partial charge is 0.451 e. The van der Waals surface area contributed by atoms with Crippen LogP contribution in [0.4, 0.5) is 11.4 Å². The van der Waals surface area contributed by atoms with E-state index in [9.17, 15) is 29.3 Å². The summed E-state index contributed by atoms with van der Waals surface area (Å²) in [7, 11) is 0. The highest BCUT2D eigenvalue weighted by molar-refractivity contribution is 6.07. The van der Waals surface area contributed by atoms with Gasteiger partial charge < -0.3 is 10.1 Å². The fourth-order valence-electron chi connectivity index (χ4n) is 3.41. The molecule has 3 amide bonds. The van der Waals surface area contributed by atoms with Crippen LogP contribution in [0.25, 0.3) is 0 Å². The number of rotatable bonds is 6. The zero-order valence-electron chi connectivity index (χ0n) is 15.6. The molecule has 3 atom stereocenters. The Bertz CT molecular complexity index is 885. The maximum Gasteiger partial charge on any atom is 0.326 e. The molecule has 29 heavy (non-hydrogen) atoms. The van der Waals surface area contributed by atoms with Crippen LogP contribution in [0, 0.1) is 22.0 Å². The zero-order chi connectivity index (χ0) is 21.1. The number of nitrogens with one attached hydrogen (secondary N) is 1. The molecule has 1 aliphatic heterocycles. The third-order valence-corrected chi connectivity index (χ3v) is 4.92. The van der Waals surface area contributed by atoms with Crippen molar-refractivity contribution in [2.75, 3.05) is 11.9 Å². The zero-order valence-corrected chi connectivity index (χ0v) is 15.6. The van der Waals surface area contributed by atoms with Crippen molar-refractivity contribution in [2.45, 2.75) is 25.9 Å². The number of para-hydroxylation sites is 2.